The molecule has 1 rings (SSSR count). The van der Waals surface area contributed by atoms with Crippen LogP contribution in [-0.4, -0.2) is 25.8 Å². The van der Waals surface area contributed by atoms with Crippen molar-refractivity contribution >= 4 is 0 Å². The van der Waals surface area contributed by atoms with Gasteiger partial charge in [-0.2, -0.15) is 0 Å². The third-order valence-electron chi connectivity index (χ3n) is 2.95. The molecule has 1 saturated carbocycles. The number of nitrogens with one attached hydrogen (secondary N) is 1. The van der Waals surface area contributed by atoms with Crippen LogP contribution in [-0.2, 0) is 4.74 Å². The minimum Gasteiger partial charge on any atom is -0.381 e. The molecule has 0 spiro atoms. The van der Waals surface area contributed by atoms with E-state index in [1.165, 1.54) is 32.1 Å². The van der Waals surface area contributed by atoms with E-state index in [-0.39, 0.29) is 0 Å². The van der Waals surface area contributed by atoms with Crippen molar-refractivity contribution in [2.24, 2.45) is 5.92 Å². The van der Waals surface area contributed by atoms with Gasteiger partial charge in [0.2, 0.25) is 0 Å². The SMILES string of the molecule is CC(C)COCCCNC1CCCCC1. The van der Waals surface area contributed by atoms with Crippen LogP contribution in [0.4, 0.5) is 0 Å². The Morgan fingerprint density at radius 2 is 1.93 bits per heavy atom. The van der Waals surface area contributed by atoms with Crippen LogP contribution in [0.15, 0.2) is 0 Å². The molecule has 2 heteroatoms. The van der Waals surface area contributed by atoms with Crippen molar-refractivity contribution in [2.75, 3.05) is 19.8 Å². The molecule has 0 radical (unpaired) electrons. The molecular weight excluding hydrogens is 186 g/mol. The molecule has 1 aliphatic rings. The zero-order valence-corrected chi connectivity index (χ0v) is 10.4. The molecule has 0 aromatic carbocycles. The number of rotatable bonds is 7. The Morgan fingerprint density at radius 3 is 2.60 bits per heavy atom. The Labute approximate surface area is 94.8 Å². The zero-order valence-electron chi connectivity index (χ0n) is 10.4. The van der Waals surface area contributed by atoms with Crippen LogP contribution in [0.25, 0.3) is 0 Å². The van der Waals surface area contributed by atoms with Gasteiger partial charge in [-0.15, -0.1) is 0 Å². The fourth-order valence-electron chi connectivity index (χ4n) is 2.11. The molecule has 0 heterocycles. The van der Waals surface area contributed by atoms with Crippen LogP contribution in [0.3, 0.4) is 0 Å². The highest BCUT2D eigenvalue weighted by Crippen LogP contribution is 2.17. The summed E-state index contributed by atoms with van der Waals surface area (Å²) in [5, 5.41) is 3.63. The van der Waals surface area contributed by atoms with Crippen LogP contribution in [0, 0.1) is 5.92 Å². The van der Waals surface area contributed by atoms with E-state index in [4.69, 9.17) is 4.74 Å². The van der Waals surface area contributed by atoms with E-state index in [1.54, 1.807) is 0 Å². The smallest absolute Gasteiger partial charge is 0.0489 e. The summed E-state index contributed by atoms with van der Waals surface area (Å²) in [5.74, 6) is 0.663. The average molecular weight is 213 g/mol. The molecule has 0 aromatic heterocycles. The predicted molar refractivity (Wildman–Crippen MR) is 65.1 cm³/mol. The van der Waals surface area contributed by atoms with Crippen molar-refractivity contribution in [1.29, 1.82) is 0 Å². The highest BCUT2D eigenvalue weighted by atomic mass is 16.5. The minimum absolute atomic E-state index is 0.663. The molecular formula is C13H27NO. The van der Waals surface area contributed by atoms with Crippen LogP contribution in [0.1, 0.15) is 52.4 Å². The third-order valence-corrected chi connectivity index (χ3v) is 2.95. The van der Waals surface area contributed by atoms with Gasteiger partial charge in [-0.1, -0.05) is 33.1 Å². The van der Waals surface area contributed by atoms with Crippen LogP contribution < -0.4 is 5.32 Å². The Kier molecular flexibility index (Phi) is 7.03. The largest absolute Gasteiger partial charge is 0.381 e. The molecule has 90 valence electrons. The summed E-state index contributed by atoms with van der Waals surface area (Å²) in [6.45, 7) is 7.34. The topological polar surface area (TPSA) is 21.3 Å². The third kappa shape index (κ3) is 6.91. The number of hydrogen-bond donors (Lipinski definition) is 1. The summed E-state index contributed by atoms with van der Waals surface area (Å²) in [4.78, 5) is 0. The lowest BCUT2D eigenvalue weighted by Crippen LogP contribution is -2.32. The van der Waals surface area contributed by atoms with Gasteiger partial charge in [-0.05, 0) is 31.7 Å². The van der Waals surface area contributed by atoms with E-state index in [0.717, 1.165) is 32.2 Å². The Balaban J connectivity index is 1.83. The normalized spacial score (nSPS) is 18.6. The fraction of sp³-hybridized carbons (Fsp3) is 1.00. The first-order valence-electron chi connectivity index (χ1n) is 6.60. The summed E-state index contributed by atoms with van der Waals surface area (Å²) < 4.78 is 5.54. The van der Waals surface area contributed by atoms with Crippen molar-refractivity contribution in [3.8, 4) is 0 Å². The number of hydrogen-bond acceptors (Lipinski definition) is 2. The molecule has 0 aromatic rings. The number of ether oxygens (including phenoxy) is 1. The monoisotopic (exact) mass is 213 g/mol. The Morgan fingerprint density at radius 1 is 1.20 bits per heavy atom. The van der Waals surface area contributed by atoms with Gasteiger partial charge in [0.15, 0.2) is 0 Å². The van der Waals surface area contributed by atoms with Crippen molar-refractivity contribution in [2.45, 2.75) is 58.4 Å². The maximum Gasteiger partial charge on any atom is 0.0489 e. The van der Waals surface area contributed by atoms with Crippen LogP contribution in [0.2, 0.25) is 0 Å². The van der Waals surface area contributed by atoms with E-state index in [1.807, 2.05) is 0 Å². The predicted octanol–water partition coefficient (Wildman–Crippen LogP) is 2.97. The van der Waals surface area contributed by atoms with Crippen molar-refractivity contribution in [1.82, 2.24) is 5.32 Å². The lowest BCUT2D eigenvalue weighted by molar-refractivity contribution is 0.107. The van der Waals surface area contributed by atoms with Crippen molar-refractivity contribution in [3.63, 3.8) is 0 Å². The molecule has 1 N–H and O–H groups in total. The molecule has 0 saturated heterocycles. The maximum absolute atomic E-state index is 5.54. The van der Waals surface area contributed by atoms with Crippen LogP contribution in [0.5, 0.6) is 0 Å². The zero-order chi connectivity index (χ0) is 10.9. The van der Waals surface area contributed by atoms with Crippen LogP contribution >= 0.6 is 0 Å². The van der Waals surface area contributed by atoms with Gasteiger partial charge >= 0.3 is 0 Å². The van der Waals surface area contributed by atoms with Gasteiger partial charge < -0.3 is 10.1 Å². The van der Waals surface area contributed by atoms with Gasteiger partial charge in [-0.25, -0.2) is 0 Å². The van der Waals surface area contributed by atoms with Gasteiger partial charge in [0.05, 0.1) is 0 Å². The minimum atomic E-state index is 0.663. The maximum atomic E-state index is 5.54. The van der Waals surface area contributed by atoms with E-state index >= 15 is 0 Å². The first kappa shape index (κ1) is 13.0. The highest BCUT2D eigenvalue weighted by Gasteiger charge is 2.11. The second kappa shape index (κ2) is 8.12. The summed E-state index contributed by atoms with van der Waals surface area (Å²) in [7, 11) is 0. The van der Waals surface area contributed by atoms with E-state index in [9.17, 15) is 0 Å². The molecule has 1 fully saturated rings. The molecule has 0 bridgehead atoms. The average Bonchev–Trinajstić information content (AvgIpc) is 2.24. The van der Waals surface area contributed by atoms with E-state index in [2.05, 4.69) is 19.2 Å². The summed E-state index contributed by atoms with van der Waals surface area (Å²) in [6.07, 6.45) is 8.20. The van der Waals surface area contributed by atoms with Crippen molar-refractivity contribution < 1.29 is 4.74 Å². The molecule has 0 aliphatic heterocycles. The molecule has 1 aliphatic carbocycles. The summed E-state index contributed by atoms with van der Waals surface area (Å²) in [6, 6.07) is 0.795. The summed E-state index contributed by atoms with van der Waals surface area (Å²) >= 11 is 0. The van der Waals surface area contributed by atoms with Gasteiger partial charge in [-0.3, -0.25) is 0 Å². The van der Waals surface area contributed by atoms with Gasteiger partial charge in [0, 0.05) is 19.3 Å². The second-order valence-corrected chi connectivity index (χ2v) is 5.11. The lowest BCUT2D eigenvalue weighted by atomic mass is 9.95. The quantitative estimate of drug-likeness (QED) is 0.656. The van der Waals surface area contributed by atoms with Gasteiger partial charge in [0.25, 0.3) is 0 Å². The van der Waals surface area contributed by atoms with Gasteiger partial charge in [0.1, 0.15) is 0 Å². The van der Waals surface area contributed by atoms with E-state index in [0.29, 0.717) is 5.92 Å². The van der Waals surface area contributed by atoms with E-state index < -0.39 is 0 Å². The Bertz CT molecular complexity index is 141. The Hall–Kier alpha value is -0.0800. The molecule has 0 unspecified atom stereocenters. The van der Waals surface area contributed by atoms with Crippen molar-refractivity contribution in [3.05, 3.63) is 0 Å². The fourth-order valence-corrected chi connectivity index (χ4v) is 2.11. The lowest BCUT2D eigenvalue weighted by Gasteiger charge is -2.22. The highest BCUT2D eigenvalue weighted by molar-refractivity contribution is 4.71. The second-order valence-electron chi connectivity index (χ2n) is 5.11. The first-order valence-corrected chi connectivity index (χ1v) is 6.60. The molecule has 0 atom stereocenters. The molecule has 15 heavy (non-hydrogen) atoms. The summed E-state index contributed by atoms with van der Waals surface area (Å²) in [5.41, 5.74) is 0. The standard InChI is InChI=1S/C13H27NO/c1-12(2)11-15-10-6-9-14-13-7-4-3-5-8-13/h12-14H,3-11H2,1-2H3. The molecule has 0 amide bonds. The molecule has 2 nitrogen and oxygen atoms in total. The first-order chi connectivity index (χ1) is 7.29.